The second kappa shape index (κ2) is 12.4. The zero-order chi connectivity index (χ0) is 24.6. The van der Waals surface area contributed by atoms with Crippen LogP contribution in [0.1, 0.15) is 36.4 Å². The van der Waals surface area contributed by atoms with E-state index >= 15 is 0 Å². The Morgan fingerprint density at radius 1 is 1.09 bits per heavy atom. The first-order valence-electron chi connectivity index (χ1n) is 12.2. The van der Waals surface area contributed by atoms with E-state index in [2.05, 4.69) is 64.1 Å². The fraction of sp³-hybridized carbons (Fsp3) is 0.444. The van der Waals surface area contributed by atoms with Gasteiger partial charge in [0.2, 0.25) is 0 Å². The molecule has 0 spiro atoms. The summed E-state index contributed by atoms with van der Waals surface area (Å²) >= 11 is 6.15. The zero-order valence-corrected chi connectivity index (χ0v) is 20.6. The molecule has 0 saturated carbocycles. The topological polar surface area (TPSA) is 82.3 Å². The summed E-state index contributed by atoms with van der Waals surface area (Å²) in [7, 11) is 0. The van der Waals surface area contributed by atoms with Crippen molar-refractivity contribution in [1.29, 1.82) is 0 Å². The minimum absolute atomic E-state index is 0.0885. The van der Waals surface area contributed by atoms with Crippen LogP contribution in [0, 0.1) is 11.8 Å². The van der Waals surface area contributed by atoms with Gasteiger partial charge >= 0.3 is 6.03 Å². The van der Waals surface area contributed by atoms with Crippen LogP contribution < -0.4 is 5.73 Å². The van der Waals surface area contributed by atoms with Gasteiger partial charge < -0.3 is 10.5 Å². The second-order valence-corrected chi connectivity index (χ2v) is 9.49. The van der Waals surface area contributed by atoms with Crippen LogP contribution in [0.15, 0.2) is 54.6 Å². The molecule has 2 aromatic rings. The molecule has 0 bridgehead atoms. The Kier molecular flexibility index (Phi) is 9.02. The van der Waals surface area contributed by atoms with Crippen molar-refractivity contribution in [2.45, 2.75) is 37.5 Å². The van der Waals surface area contributed by atoms with Crippen molar-refractivity contribution in [2.75, 3.05) is 39.3 Å². The van der Waals surface area contributed by atoms with Gasteiger partial charge in [-0.1, -0.05) is 65.9 Å². The highest BCUT2D eigenvalue weighted by atomic mass is 35.5. The molecular weight excluding hydrogens is 464 g/mol. The van der Waals surface area contributed by atoms with Crippen molar-refractivity contribution in [1.82, 2.24) is 14.9 Å². The van der Waals surface area contributed by atoms with E-state index < -0.39 is 6.03 Å². The summed E-state index contributed by atoms with van der Waals surface area (Å²) < 4.78 is 6.13. The van der Waals surface area contributed by atoms with Gasteiger partial charge in [-0.3, -0.25) is 15.0 Å². The zero-order valence-electron chi connectivity index (χ0n) is 19.9. The number of hydrogen-bond donors (Lipinski definition) is 2. The molecular formula is C27H33ClN4O3. The first-order chi connectivity index (χ1) is 17.0. The van der Waals surface area contributed by atoms with Gasteiger partial charge in [0.1, 0.15) is 6.10 Å². The molecule has 2 heterocycles. The fourth-order valence-electron chi connectivity index (χ4n) is 4.79. The van der Waals surface area contributed by atoms with Crippen LogP contribution in [0.4, 0.5) is 4.79 Å². The van der Waals surface area contributed by atoms with E-state index in [-0.39, 0.29) is 24.8 Å². The van der Waals surface area contributed by atoms with Gasteiger partial charge in [-0.2, -0.15) is 0 Å². The van der Waals surface area contributed by atoms with Crippen molar-refractivity contribution >= 4 is 17.6 Å². The van der Waals surface area contributed by atoms with Crippen molar-refractivity contribution in [3.05, 3.63) is 70.7 Å². The van der Waals surface area contributed by atoms with Crippen LogP contribution in [0.3, 0.4) is 0 Å². The SMILES string of the molecule is NC(=O)N(O)CCC#C[C@@H]1CC[C@@H](CN2CCN([C@@H](c3ccccc3)c3ccc(Cl)cc3)CC2)O1. The molecule has 2 saturated heterocycles. The van der Waals surface area contributed by atoms with E-state index in [0.717, 1.165) is 50.6 Å². The van der Waals surface area contributed by atoms with Crippen LogP contribution in [0.25, 0.3) is 0 Å². The number of piperazine rings is 1. The molecule has 35 heavy (non-hydrogen) atoms. The lowest BCUT2D eigenvalue weighted by Gasteiger charge is -2.40. The Hall–Kier alpha value is -2.60. The number of rotatable bonds is 7. The summed E-state index contributed by atoms with van der Waals surface area (Å²) in [5, 5.41) is 10.5. The first kappa shape index (κ1) is 25.5. The lowest BCUT2D eigenvalue weighted by Crippen LogP contribution is -2.49. The van der Waals surface area contributed by atoms with E-state index in [1.54, 1.807) is 0 Å². The molecule has 0 radical (unpaired) electrons. The minimum Gasteiger partial charge on any atom is -0.361 e. The lowest BCUT2D eigenvalue weighted by molar-refractivity contribution is -0.0373. The molecule has 4 rings (SSSR count). The highest BCUT2D eigenvalue weighted by Gasteiger charge is 2.30. The smallest absolute Gasteiger partial charge is 0.338 e. The fourth-order valence-corrected chi connectivity index (χ4v) is 4.92. The van der Waals surface area contributed by atoms with Gasteiger partial charge in [-0.15, -0.1) is 0 Å². The Balaban J connectivity index is 1.27. The monoisotopic (exact) mass is 496 g/mol. The predicted octanol–water partition coefficient (Wildman–Crippen LogP) is 3.76. The van der Waals surface area contributed by atoms with Crippen molar-refractivity contribution in [3.8, 4) is 11.8 Å². The number of hydroxylamine groups is 2. The summed E-state index contributed by atoms with van der Waals surface area (Å²) in [4.78, 5) is 15.8. The number of ether oxygens (including phenoxy) is 1. The molecule has 8 heteroatoms. The summed E-state index contributed by atoms with van der Waals surface area (Å²) in [5.41, 5.74) is 7.54. The average Bonchev–Trinajstić information content (AvgIpc) is 3.32. The molecule has 0 unspecified atom stereocenters. The molecule has 2 aliphatic heterocycles. The number of hydrogen-bond acceptors (Lipinski definition) is 5. The van der Waals surface area contributed by atoms with Crippen LogP contribution >= 0.6 is 11.6 Å². The number of nitrogens with two attached hydrogens (primary N) is 1. The number of primary amides is 1. The Labute approximate surface area is 212 Å². The molecule has 0 aromatic heterocycles. The Morgan fingerprint density at radius 2 is 1.77 bits per heavy atom. The maximum atomic E-state index is 10.8. The summed E-state index contributed by atoms with van der Waals surface area (Å²) in [6.45, 7) is 4.96. The summed E-state index contributed by atoms with van der Waals surface area (Å²) in [6, 6.07) is 18.2. The maximum Gasteiger partial charge on any atom is 0.338 e. The highest BCUT2D eigenvalue weighted by Crippen LogP contribution is 2.30. The van der Waals surface area contributed by atoms with Crippen molar-refractivity contribution in [3.63, 3.8) is 0 Å². The van der Waals surface area contributed by atoms with Gasteiger partial charge in [0.15, 0.2) is 0 Å². The maximum absolute atomic E-state index is 10.8. The molecule has 2 aliphatic rings. The molecule has 7 nitrogen and oxygen atoms in total. The average molecular weight is 497 g/mol. The quantitative estimate of drug-likeness (QED) is 0.346. The predicted molar refractivity (Wildman–Crippen MR) is 136 cm³/mol. The lowest BCUT2D eigenvalue weighted by atomic mass is 9.96. The van der Waals surface area contributed by atoms with E-state index in [0.29, 0.717) is 11.5 Å². The van der Waals surface area contributed by atoms with E-state index in [1.807, 2.05) is 12.1 Å². The number of carbonyl (C=O) groups is 1. The van der Waals surface area contributed by atoms with Gasteiger partial charge in [0.25, 0.3) is 0 Å². The molecule has 2 fully saturated rings. The minimum atomic E-state index is -0.868. The molecule has 0 aliphatic carbocycles. The van der Waals surface area contributed by atoms with Gasteiger partial charge in [-0.05, 0) is 36.1 Å². The second-order valence-electron chi connectivity index (χ2n) is 9.06. The summed E-state index contributed by atoms with van der Waals surface area (Å²) in [5.74, 6) is 6.08. The third kappa shape index (κ3) is 7.20. The number of carbonyl (C=O) groups excluding carboxylic acids is 1. The van der Waals surface area contributed by atoms with E-state index in [9.17, 15) is 10.0 Å². The number of nitrogens with zero attached hydrogens (tertiary/aromatic N) is 3. The largest absolute Gasteiger partial charge is 0.361 e. The number of halogens is 1. The van der Waals surface area contributed by atoms with E-state index in [1.165, 1.54) is 11.1 Å². The molecule has 2 aromatic carbocycles. The highest BCUT2D eigenvalue weighted by molar-refractivity contribution is 6.30. The van der Waals surface area contributed by atoms with Gasteiger partial charge in [-0.25, -0.2) is 9.86 Å². The molecule has 186 valence electrons. The standard InChI is InChI=1S/C27H33ClN4O3/c28-23-11-9-22(10-12-23)26(21-6-2-1-3-7-21)31-18-16-30(17-19-31)20-25-14-13-24(35-25)8-4-5-15-32(34)27(29)33/h1-3,6-7,9-12,24-26,34H,5,13-20H2,(H2,29,33)/t24-,25+,26+/m1/s1. The van der Waals surface area contributed by atoms with Crippen LogP contribution in [-0.4, -0.2) is 77.6 Å². The Morgan fingerprint density at radius 3 is 2.46 bits per heavy atom. The Bertz CT molecular complexity index is 1020. The summed E-state index contributed by atoms with van der Waals surface area (Å²) in [6.07, 6.45) is 2.35. The normalized spacial score (nSPS) is 21.8. The van der Waals surface area contributed by atoms with Crippen molar-refractivity contribution < 1.29 is 14.7 Å². The third-order valence-electron chi connectivity index (χ3n) is 6.61. The van der Waals surface area contributed by atoms with Crippen LogP contribution in [-0.2, 0) is 4.74 Å². The number of benzene rings is 2. The van der Waals surface area contributed by atoms with Crippen LogP contribution in [0.5, 0.6) is 0 Å². The first-order valence-corrected chi connectivity index (χ1v) is 12.5. The molecule has 3 N–H and O–H groups in total. The third-order valence-corrected chi connectivity index (χ3v) is 6.86. The number of urea groups is 1. The van der Waals surface area contributed by atoms with E-state index in [4.69, 9.17) is 22.1 Å². The van der Waals surface area contributed by atoms with Crippen LogP contribution in [0.2, 0.25) is 5.02 Å². The number of amides is 2. The van der Waals surface area contributed by atoms with Gasteiger partial charge in [0, 0.05) is 44.2 Å². The molecule has 2 amide bonds. The van der Waals surface area contributed by atoms with Gasteiger partial charge in [0.05, 0.1) is 18.7 Å². The van der Waals surface area contributed by atoms with Crippen molar-refractivity contribution in [2.24, 2.45) is 5.73 Å². The molecule has 3 atom stereocenters.